The van der Waals surface area contributed by atoms with Gasteiger partial charge in [-0.3, -0.25) is 9.59 Å². The fraction of sp³-hybridized carbons (Fsp3) is 0.846. The van der Waals surface area contributed by atoms with Gasteiger partial charge in [0.15, 0.2) is 0 Å². The minimum absolute atomic E-state index is 0.119. The monoisotopic (exact) mass is 256 g/mol. The molecule has 0 aromatic heterocycles. The Kier molecular flexibility index (Phi) is 4.73. The van der Waals surface area contributed by atoms with Crippen LogP contribution in [-0.4, -0.2) is 29.6 Å². The summed E-state index contributed by atoms with van der Waals surface area (Å²) in [7, 11) is 0. The van der Waals surface area contributed by atoms with Crippen molar-refractivity contribution in [3.8, 4) is 0 Å². The Morgan fingerprint density at radius 2 is 2.11 bits per heavy atom. The lowest BCUT2D eigenvalue weighted by atomic mass is 9.84. The number of nitrogens with one attached hydrogen (secondary N) is 1. The van der Waals surface area contributed by atoms with Crippen molar-refractivity contribution in [2.24, 2.45) is 23.0 Å². The summed E-state index contributed by atoms with van der Waals surface area (Å²) in [5.74, 6) is -1.04. The minimum atomic E-state index is -0.841. The maximum atomic E-state index is 12.1. The number of carboxylic acid groups (broad SMARTS) is 1. The molecule has 1 rings (SSSR count). The highest BCUT2D eigenvalue weighted by Crippen LogP contribution is 2.38. The second kappa shape index (κ2) is 5.69. The van der Waals surface area contributed by atoms with Crippen molar-refractivity contribution in [3.05, 3.63) is 0 Å². The number of carboxylic acids is 1. The number of aliphatic carboxylic acids is 1. The van der Waals surface area contributed by atoms with Crippen LogP contribution in [-0.2, 0) is 9.59 Å². The van der Waals surface area contributed by atoms with Crippen molar-refractivity contribution in [1.82, 2.24) is 5.32 Å². The first kappa shape index (κ1) is 15.0. The molecule has 0 aromatic rings. The molecule has 1 saturated carbocycles. The first-order chi connectivity index (χ1) is 8.32. The van der Waals surface area contributed by atoms with Gasteiger partial charge in [-0.1, -0.05) is 20.3 Å². The molecule has 0 bridgehead atoms. The molecular weight excluding hydrogens is 232 g/mol. The quantitative estimate of drug-likeness (QED) is 0.683. The molecular formula is C13H24N2O3. The average Bonchev–Trinajstić information content (AvgIpc) is 2.62. The molecule has 4 N–H and O–H groups in total. The first-order valence-electron chi connectivity index (χ1n) is 6.56. The molecule has 3 unspecified atom stereocenters. The van der Waals surface area contributed by atoms with Crippen LogP contribution in [0.25, 0.3) is 0 Å². The lowest BCUT2D eigenvalue weighted by Gasteiger charge is -2.30. The highest BCUT2D eigenvalue weighted by molar-refractivity contribution is 5.82. The number of hydrogen-bond acceptors (Lipinski definition) is 3. The van der Waals surface area contributed by atoms with E-state index >= 15 is 0 Å². The third-order valence-electron chi connectivity index (χ3n) is 4.16. The molecule has 0 spiro atoms. The zero-order valence-corrected chi connectivity index (χ0v) is 11.4. The molecule has 1 aliphatic carbocycles. The van der Waals surface area contributed by atoms with Crippen LogP contribution in [0.15, 0.2) is 0 Å². The Balaban J connectivity index is 2.72. The normalized spacial score (nSPS) is 29.3. The number of nitrogens with two attached hydrogens (primary N) is 1. The Morgan fingerprint density at radius 3 is 2.56 bits per heavy atom. The lowest BCUT2D eigenvalue weighted by Crippen LogP contribution is -2.50. The van der Waals surface area contributed by atoms with Crippen LogP contribution in [0.3, 0.4) is 0 Å². The number of rotatable bonds is 5. The van der Waals surface area contributed by atoms with Gasteiger partial charge in [0.05, 0.1) is 11.3 Å². The molecule has 0 saturated heterocycles. The van der Waals surface area contributed by atoms with Crippen LogP contribution in [0.5, 0.6) is 0 Å². The second-order valence-corrected chi connectivity index (χ2v) is 5.76. The predicted molar refractivity (Wildman–Crippen MR) is 68.9 cm³/mol. The Hall–Kier alpha value is -1.10. The summed E-state index contributed by atoms with van der Waals surface area (Å²) in [5.41, 5.74) is 4.76. The molecule has 0 heterocycles. The van der Waals surface area contributed by atoms with Gasteiger partial charge in [-0.15, -0.1) is 0 Å². The van der Waals surface area contributed by atoms with Crippen LogP contribution >= 0.6 is 0 Å². The third-order valence-corrected chi connectivity index (χ3v) is 4.16. The third kappa shape index (κ3) is 2.83. The van der Waals surface area contributed by atoms with Crippen LogP contribution in [0, 0.1) is 17.3 Å². The summed E-state index contributed by atoms with van der Waals surface area (Å²) in [6, 6.07) is -0.282. The van der Waals surface area contributed by atoms with E-state index in [1.54, 1.807) is 6.92 Å². The SMILES string of the molecule is CC(C)C(CN)C(=O)NC1CCCC1(C)C(=O)O. The fourth-order valence-corrected chi connectivity index (χ4v) is 2.61. The summed E-state index contributed by atoms with van der Waals surface area (Å²) in [4.78, 5) is 23.4. The number of carbonyl (C=O) groups excluding carboxylic acids is 1. The van der Waals surface area contributed by atoms with Crippen LogP contribution < -0.4 is 11.1 Å². The largest absolute Gasteiger partial charge is 0.481 e. The van der Waals surface area contributed by atoms with Crippen molar-refractivity contribution >= 4 is 11.9 Å². The van der Waals surface area contributed by atoms with Crippen LogP contribution in [0.1, 0.15) is 40.0 Å². The number of hydrogen-bond donors (Lipinski definition) is 3. The van der Waals surface area contributed by atoms with Gasteiger partial charge >= 0.3 is 5.97 Å². The van der Waals surface area contributed by atoms with Gasteiger partial charge in [0.2, 0.25) is 5.91 Å². The Labute approximate surface area is 108 Å². The van der Waals surface area contributed by atoms with Gasteiger partial charge in [0.1, 0.15) is 0 Å². The van der Waals surface area contributed by atoms with Crippen molar-refractivity contribution < 1.29 is 14.7 Å². The molecule has 1 fully saturated rings. The number of amides is 1. The van der Waals surface area contributed by atoms with E-state index in [4.69, 9.17) is 5.73 Å². The van der Waals surface area contributed by atoms with E-state index in [1.807, 2.05) is 13.8 Å². The fourth-order valence-electron chi connectivity index (χ4n) is 2.61. The van der Waals surface area contributed by atoms with Crippen LogP contribution in [0.2, 0.25) is 0 Å². The van der Waals surface area contributed by atoms with Crippen molar-refractivity contribution in [2.45, 2.75) is 46.1 Å². The number of carbonyl (C=O) groups is 2. The van der Waals surface area contributed by atoms with E-state index in [0.29, 0.717) is 13.0 Å². The summed E-state index contributed by atoms with van der Waals surface area (Å²) in [6.07, 6.45) is 2.18. The molecule has 5 nitrogen and oxygen atoms in total. The smallest absolute Gasteiger partial charge is 0.311 e. The zero-order chi connectivity index (χ0) is 13.9. The molecule has 0 aliphatic heterocycles. The molecule has 1 amide bonds. The van der Waals surface area contributed by atoms with Gasteiger partial charge in [-0.05, 0) is 25.7 Å². The maximum absolute atomic E-state index is 12.1. The zero-order valence-electron chi connectivity index (χ0n) is 11.4. The van der Waals surface area contributed by atoms with Crippen molar-refractivity contribution in [1.29, 1.82) is 0 Å². The van der Waals surface area contributed by atoms with E-state index in [1.165, 1.54) is 0 Å². The predicted octanol–water partition coefficient (Wildman–Crippen LogP) is 0.977. The molecule has 1 aliphatic rings. The molecule has 18 heavy (non-hydrogen) atoms. The van der Waals surface area contributed by atoms with Crippen molar-refractivity contribution in [3.63, 3.8) is 0 Å². The van der Waals surface area contributed by atoms with Gasteiger partial charge in [0.25, 0.3) is 0 Å². The topological polar surface area (TPSA) is 92.4 Å². The van der Waals surface area contributed by atoms with E-state index in [0.717, 1.165) is 12.8 Å². The van der Waals surface area contributed by atoms with Gasteiger partial charge in [-0.2, -0.15) is 0 Å². The van der Waals surface area contributed by atoms with Gasteiger partial charge in [0, 0.05) is 12.6 Å². The van der Waals surface area contributed by atoms with Crippen molar-refractivity contribution in [2.75, 3.05) is 6.54 Å². The molecule has 0 radical (unpaired) electrons. The summed E-state index contributed by atoms with van der Waals surface area (Å²) >= 11 is 0. The van der Waals surface area contributed by atoms with Gasteiger partial charge in [-0.25, -0.2) is 0 Å². The average molecular weight is 256 g/mol. The summed E-state index contributed by atoms with van der Waals surface area (Å²) in [5, 5.41) is 12.2. The highest BCUT2D eigenvalue weighted by Gasteiger charge is 2.46. The minimum Gasteiger partial charge on any atom is -0.481 e. The first-order valence-corrected chi connectivity index (χ1v) is 6.56. The van der Waals surface area contributed by atoms with Gasteiger partial charge < -0.3 is 16.2 Å². The standard InChI is InChI=1S/C13H24N2O3/c1-8(2)9(7-14)11(16)15-10-5-4-6-13(10,3)12(17)18/h8-10H,4-7,14H2,1-3H3,(H,15,16)(H,17,18). The Morgan fingerprint density at radius 1 is 1.50 bits per heavy atom. The molecule has 3 atom stereocenters. The maximum Gasteiger partial charge on any atom is 0.311 e. The van der Waals surface area contributed by atoms with E-state index in [2.05, 4.69) is 5.32 Å². The molecule has 0 aromatic carbocycles. The van der Waals surface area contributed by atoms with E-state index in [-0.39, 0.29) is 23.8 Å². The van der Waals surface area contributed by atoms with Crippen LogP contribution in [0.4, 0.5) is 0 Å². The second-order valence-electron chi connectivity index (χ2n) is 5.76. The lowest BCUT2D eigenvalue weighted by molar-refractivity contribution is -0.149. The summed E-state index contributed by atoms with van der Waals surface area (Å²) in [6.45, 7) is 5.89. The highest BCUT2D eigenvalue weighted by atomic mass is 16.4. The van der Waals surface area contributed by atoms with E-state index in [9.17, 15) is 14.7 Å². The summed E-state index contributed by atoms with van der Waals surface area (Å²) < 4.78 is 0. The van der Waals surface area contributed by atoms with E-state index < -0.39 is 11.4 Å². The molecule has 5 heteroatoms. The molecule has 104 valence electrons. The Bertz CT molecular complexity index is 330.